The zero-order valence-corrected chi connectivity index (χ0v) is 24.8. The minimum Gasteiger partial charge on any atom is -0.504 e. The zero-order valence-electron chi connectivity index (χ0n) is 24.1. The topological polar surface area (TPSA) is 147 Å². The lowest BCUT2D eigenvalue weighted by Gasteiger charge is -2.50. The van der Waals surface area contributed by atoms with Gasteiger partial charge in [0.1, 0.15) is 0 Å². The molecule has 4 aliphatic rings. The SMILES string of the molecule is COc1cccc([C@H]2C3=CC[C@@H]4C(=O)N(C(N)=O)C(=O)[C@@H]4[C@@H]3C[C@H]3C(=O)N(c4cccc(Cl)c4)C(=O)[C@@]23c2ccccc2)c1O. The van der Waals surface area contributed by atoms with E-state index in [0.717, 1.165) is 4.90 Å². The van der Waals surface area contributed by atoms with Crippen LogP contribution in [0.1, 0.15) is 29.9 Å². The smallest absolute Gasteiger partial charge is 0.328 e. The van der Waals surface area contributed by atoms with Gasteiger partial charge in [-0.1, -0.05) is 71.8 Å². The number of benzene rings is 3. The van der Waals surface area contributed by atoms with Crippen molar-refractivity contribution >= 4 is 46.9 Å². The van der Waals surface area contributed by atoms with Crippen molar-refractivity contribution < 1.29 is 33.8 Å². The zero-order chi connectivity index (χ0) is 31.8. The van der Waals surface area contributed by atoms with E-state index >= 15 is 4.79 Å². The van der Waals surface area contributed by atoms with Gasteiger partial charge < -0.3 is 15.6 Å². The number of nitrogens with two attached hydrogens (primary N) is 1. The van der Waals surface area contributed by atoms with Gasteiger partial charge in [-0.05, 0) is 48.6 Å². The molecule has 0 bridgehead atoms. The van der Waals surface area contributed by atoms with Crippen LogP contribution in [0.15, 0.2) is 84.4 Å². The van der Waals surface area contributed by atoms with Crippen molar-refractivity contribution in [1.29, 1.82) is 0 Å². The number of carbonyl (C=O) groups is 5. The molecule has 7 rings (SSSR count). The molecule has 11 heteroatoms. The second-order valence-electron chi connectivity index (χ2n) is 11.8. The molecule has 3 aromatic carbocycles. The minimum absolute atomic E-state index is 0.0381. The van der Waals surface area contributed by atoms with Crippen molar-refractivity contribution in [2.45, 2.75) is 24.2 Å². The molecular formula is C34H28ClN3O7. The molecule has 2 aliphatic carbocycles. The number of likely N-dealkylation sites (tertiary alicyclic amines) is 1. The lowest BCUT2D eigenvalue weighted by molar-refractivity contribution is -0.136. The highest BCUT2D eigenvalue weighted by atomic mass is 35.5. The Kier molecular flexibility index (Phi) is 6.59. The van der Waals surface area contributed by atoms with Gasteiger partial charge in [-0.15, -0.1) is 0 Å². The van der Waals surface area contributed by atoms with Crippen LogP contribution in [0, 0.1) is 23.7 Å². The number of ether oxygens (including phenoxy) is 1. The summed E-state index contributed by atoms with van der Waals surface area (Å²) in [5.74, 6) is -6.96. The highest BCUT2D eigenvalue weighted by Crippen LogP contribution is 2.65. The molecule has 1 saturated carbocycles. The van der Waals surface area contributed by atoms with Crippen LogP contribution in [0.3, 0.4) is 0 Å². The molecule has 0 spiro atoms. The van der Waals surface area contributed by atoms with Crippen LogP contribution in [-0.2, 0) is 24.6 Å². The van der Waals surface area contributed by atoms with Gasteiger partial charge in [0.15, 0.2) is 11.5 Å². The number of urea groups is 1. The van der Waals surface area contributed by atoms with Crippen molar-refractivity contribution in [2.24, 2.45) is 29.4 Å². The van der Waals surface area contributed by atoms with Gasteiger partial charge in [-0.2, -0.15) is 4.90 Å². The first-order valence-electron chi connectivity index (χ1n) is 14.5. The van der Waals surface area contributed by atoms with Crippen molar-refractivity contribution in [3.8, 4) is 11.5 Å². The quantitative estimate of drug-likeness (QED) is 0.325. The number of hydrogen-bond donors (Lipinski definition) is 2. The maximum atomic E-state index is 15.1. The number of primary amides is 1. The number of allylic oxidation sites excluding steroid dienone is 2. The normalized spacial score (nSPS) is 28.8. The van der Waals surface area contributed by atoms with Gasteiger partial charge in [0.05, 0.1) is 36.0 Å². The maximum absolute atomic E-state index is 15.1. The summed E-state index contributed by atoms with van der Waals surface area (Å²) >= 11 is 6.31. The number of rotatable bonds is 4. The van der Waals surface area contributed by atoms with Crippen molar-refractivity contribution in [3.05, 3.63) is 101 Å². The molecule has 0 radical (unpaired) electrons. The number of nitrogens with zero attached hydrogens (tertiary/aromatic N) is 2. The number of imide groups is 4. The second-order valence-corrected chi connectivity index (χ2v) is 12.3. The first-order valence-corrected chi connectivity index (χ1v) is 14.9. The van der Waals surface area contributed by atoms with E-state index < -0.39 is 64.7 Å². The number of amides is 6. The summed E-state index contributed by atoms with van der Waals surface area (Å²) in [5, 5.41) is 11.9. The first kappa shape index (κ1) is 28.8. The third-order valence-electron chi connectivity index (χ3n) is 9.95. The minimum atomic E-state index is -1.56. The first-order chi connectivity index (χ1) is 21.6. The lowest BCUT2D eigenvalue weighted by Crippen LogP contribution is -2.53. The number of aromatic hydroxyl groups is 1. The molecule has 3 fully saturated rings. The Bertz CT molecular complexity index is 1840. The number of methoxy groups -OCH3 is 1. The Morgan fingerprint density at radius 2 is 1.69 bits per heavy atom. The molecule has 2 saturated heterocycles. The Morgan fingerprint density at radius 1 is 0.956 bits per heavy atom. The fraction of sp³-hybridized carbons (Fsp3) is 0.265. The molecule has 2 heterocycles. The van der Waals surface area contributed by atoms with E-state index in [1.165, 1.54) is 13.2 Å². The summed E-state index contributed by atoms with van der Waals surface area (Å²) in [6, 6.07) is 19.2. The van der Waals surface area contributed by atoms with Gasteiger partial charge in [-0.3, -0.25) is 19.2 Å². The van der Waals surface area contributed by atoms with E-state index in [1.54, 1.807) is 66.7 Å². The highest BCUT2D eigenvalue weighted by molar-refractivity contribution is 6.32. The highest BCUT2D eigenvalue weighted by Gasteiger charge is 2.70. The standard InChI is InChI=1S/C34H28ClN3O7/c1-45-25-12-6-11-22(28(25)39)27-20-13-14-21-26(31(42)38(29(21)40)33(36)44)23(20)16-24-30(41)37(19-10-5-9-18(35)15-19)32(43)34(24,27)17-7-3-2-4-8-17/h2-13,15,21,23-24,26-27,39H,14,16H2,1H3,(H2,36,44)/t21-,23+,24-,26-,27+,34+/m0/s1. The molecule has 45 heavy (non-hydrogen) atoms. The van der Waals surface area contributed by atoms with Gasteiger partial charge in [0.25, 0.3) is 0 Å². The van der Waals surface area contributed by atoms with Gasteiger partial charge in [0.2, 0.25) is 23.6 Å². The van der Waals surface area contributed by atoms with Crippen LogP contribution >= 0.6 is 11.6 Å². The number of carbonyl (C=O) groups excluding carboxylic acids is 5. The Balaban J connectivity index is 1.53. The lowest BCUT2D eigenvalue weighted by atomic mass is 9.49. The number of fused-ring (bicyclic) bond motifs is 4. The molecule has 228 valence electrons. The molecular weight excluding hydrogens is 598 g/mol. The Labute approximate surface area is 263 Å². The molecule has 2 aliphatic heterocycles. The fourth-order valence-corrected chi connectivity index (χ4v) is 8.43. The fourth-order valence-electron chi connectivity index (χ4n) is 8.24. The second kappa shape index (κ2) is 10.3. The largest absolute Gasteiger partial charge is 0.504 e. The predicted octanol–water partition coefficient (Wildman–Crippen LogP) is 4.30. The summed E-state index contributed by atoms with van der Waals surface area (Å²) in [4.78, 5) is 70.5. The number of anilines is 1. The molecule has 0 aromatic heterocycles. The molecule has 3 aromatic rings. The number of halogens is 1. The van der Waals surface area contributed by atoms with Crippen LogP contribution in [0.2, 0.25) is 5.02 Å². The van der Waals surface area contributed by atoms with Crippen molar-refractivity contribution in [2.75, 3.05) is 12.0 Å². The third-order valence-corrected chi connectivity index (χ3v) is 10.2. The summed E-state index contributed by atoms with van der Waals surface area (Å²) in [7, 11) is 1.41. The predicted molar refractivity (Wildman–Crippen MR) is 162 cm³/mol. The number of phenols is 1. The van der Waals surface area contributed by atoms with Crippen molar-refractivity contribution in [1.82, 2.24) is 4.90 Å². The third kappa shape index (κ3) is 3.84. The van der Waals surface area contributed by atoms with Crippen molar-refractivity contribution in [3.63, 3.8) is 0 Å². The average molecular weight is 626 g/mol. The maximum Gasteiger partial charge on any atom is 0.328 e. The van der Waals surface area contributed by atoms with Gasteiger partial charge in [-0.25, -0.2) is 9.69 Å². The number of hydrogen-bond acceptors (Lipinski definition) is 7. The molecule has 3 N–H and O–H groups in total. The van der Waals surface area contributed by atoms with Crippen LogP contribution in [0.25, 0.3) is 0 Å². The monoisotopic (exact) mass is 625 g/mol. The van der Waals surface area contributed by atoms with E-state index in [4.69, 9.17) is 22.1 Å². The molecule has 0 unspecified atom stereocenters. The summed E-state index contributed by atoms with van der Waals surface area (Å²) < 4.78 is 5.45. The van der Waals surface area contributed by atoms with Crippen LogP contribution < -0.4 is 15.4 Å². The molecule has 6 amide bonds. The van der Waals surface area contributed by atoms with Crippen LogP contribution in [0.5, 0.6) is 11.5 Å². The average Bonchev–Trinajstić information content (AvgIpc) is 3.42. The van der Waals surface area contributed by atoms with Gasteiger partial charge in [0, 0.05) is 16.5 Å². The van der Waals surface area contributed by atoms with E-state index in [1.807, 2.05) is 6.08 Å². The van der Waals surface area contributed by atoms with Gasteiger partial charge >= 0.3 is 6.03 Å². The summed E-state index contributed by atoms with van der Waals surface area (Å²) in [6.07, 6.45) is 1.98. The Hall–Kier alpha value is -4.96. The van der Waals surface area contributed by atoms with Crippen LogP contribution in [-0.4, -0.2) is 46.8 Å². The number of para-hydroxylation sites is 1. The van der Waals surface area contributed by atoms with Crippen LogP contribution in [0.4, 0.5) is 10.5 Å². The van der Waals surface area contributed by atoms with E-state index in [0.29, 0.717) is 26.6 Å². The Morgan fingerprint density at radius 3 is 2.38 bits per heavy atom. The molecule has 6 atom stereocenters. The number of phenolic OH excluding ortho intramolecular Hbond substituents is 1. The van der Waals surface area contributed by atoms with E-state index in [2.05, 4.69) is 0 Å². The summed E-state index contributed by atoms with van der Waals surface area (Å²) in [6.45, 7) is 0. The molecule has 10 nitrogen and oxygen atoms in total. The van der Waals surface area contributed by atoms with E-state index in [9.17, 15) is 24.3 Å². The van der Waals surface area contributed by atoms with E-state index in [-0.39, 0.29) is 30.0 Å². The summed E-state index contributed by atoms with van der Waals surface area (Å²) in [5.41, 5.74) is 5.69.